The Morgan fingerprint density at radius 2 is 1.68 bits per heavy atom. The van der Waals surface area contributed by atoms with Crippen LogP contribution in [0, 0.1) is 0 Å². The minimum absolute atomic E-state index is 0.00140. The van der Waals surface area contributed by atoms with Gasteiger partial charge in [0.25, 0.3) is 0 Å². The van der Waals surface area contributed by atoms with Crippen molar-refractivity contribution in [1.82, 2.24) is 4.90 Å². The quantitative estimate of drug-likeness (QED) is 0.176. The van der Waals surface area contributed by atoms with Crippen LogP contribution < -0.4 is 9.47 Å². The Morgan fingerprint density at radius 3 is 2.33 bits per heavy atom. The van der Waals surface area contributed by atoms with Gasteiger partial charge in [0, 0.05) is 24.4 Å². The lowest BCUT2D eigenvalue weighted by Gasteiger charge is -2.61. The van der Waals surface area contributed by atoms with Crippen molar-refractivity contribution in [3.8, 4) is 11.5 Å². The monoisotopic (exact) mass is 553 g/mol. The maximum absolute atomic E-state index is 12.9. The number of methoxy groups -OCH3 is 1. The summed E-state index contributed by atoms with van der Waals surface area (Å²) in [5.41, 5.74) is 0.683. The van der Waals surface area contributed by atoms with E-state index >= 15 is 0 Å². The molecule has 2 heterocycles. The molecule has 1 aromatic carbocycles. The molecule has 1 N–H and O–H groups in total. The van der Waals surface area contributed by atoms with Gasteiger partial charge in [-0.25, -0.2) is 0 Å². The molecule has 4 aliphatic rings. The number of unbranched alkanes of at least 4 members (excludes halogenated alkanes) is 12. The largest absolute Gasteiger partial charge is 0.493 e. The minimum Gasteiger partial charge on any atom is -0.493 e. The number of aliphatic hydroxyl groups is 1. The molecule has 0 radical (unpaired) electrons. The number of hydrogen-bond donors (Lipinski definition) is 1. The van der Waals surface area contributed by atoms with Crippen LogP contribution in [-0.4, -0.2) is 54.4 Å². The molecule has 40 heavy (non-hydrogen) atoms. The van der Waals surface area contributed by atoms with Gasteiger partial charge in [-0.2, -0.15) is 0 Å². The topological polar surface area (TPSA) is 68.2 Å². The van der Waals surface area contributed by atoms with Crippen LogP contribution in [0.2, 0.25) is 0 Å². The molecular weight excluding hydrogens is 502 g/mol. The Hall–Kier alpha value is -2.05. The molecule has 0 aromatic heterocycles. The van der Waals surface area contributed by atoms with Gasteiger partial charge < -0.3 is 24.2 Å². The maximum atomic E-state index is 12.9. The van der Waals surface area contributed by atoms with Crippen LogP contribution >= 0.6 is 0 Å². The first-order valence-corrected chi connectivity index (χ1v) is 16.2. The Kier molecular flexibility index (Phi) is 9.46. The molecule has 2 aliphatic carbocycles. The van der Waals surface area contributed by atoms with E-state index in [2.05, 4.69) is 24.9 Å². The summed E-state index contributed by atoms with van der Waals surface area (Å²) in [6.07, 6.45) is 20.4. The first kappa shape index (κ1) is 29.4. The zero-order valence-corrected chi connectivity index (χ0v) is 25.1. The number of benzene rings is 1. The van der Waals surface area contributed by atoms with Crippen molar-refractivity contribution in [2.24, 2.45) is 0 Å². The van der Waals surface area contributed by atoms with Gasteiger partial charge in [0.2, 0.25) is 0 Å². The zero-order chi connectivity index (χ0) is 28.2. The highest BCUT2D eigenvalue weighted by Crippen LogP contribution is 2.65. The van der Waals surface area contributed by atoms with Gasteiger partial charge in [0.1, 0.15) is 5.76 Å². The van der Waals surface area contributed by atoms with E-state index in [0.29, 0.717) is 30.1 Å². The van der Waals surface area contributed by atoms with Crippen molar-refractivity contribution in [2.45, 2.75) is 139 Å². The summed E-state index contributed by atoms with van der Waals surface area (Å²) in [5.74, 6) is 1.77. The van der Waals surface area contributed by atoms with Crippen LogP contribution in [0.4, 0.5) is 0 Å². The molecule has 0 amide bonds. The SMILES string of the molecule is CCCCCCCCCCCCCCCC(=O)OC1=CCC2(O)C3Cc4ccc(OC)c5c4C2(CCN3C)C1O5. The van der Waals surface area contributed by atoms with E-state index < -0.39 is 17.1 Å². The summed E-state index contributed by atoms with van der Waals surface area (Å²) in [4.78, 5) is 15.2. The second-order valence-corrected chi connectivity index (χ2v) is 12.8. The van der Waals surface area contributed by atoms with Crippen LogP contribution in [0.3, 0.4) is 0 Å². The third-order valence-corrected chi connectivity index (χ3v) is 10.3. The van der Waals surface area contributed by atoms with Crippen molar-refractivity contribution in [3.63, 3.8) is 0 Å². The molecule has 1 spiro atoms. The Balaban J connectivity index is 1.12. The number of esters is 1. The smallest absolute Gasteiger partial charge is 0.310 e. The average molecular weight is 554 g/mol. The summed E-state index contributed by atoms with van der Waals surface area (Å²) < 4.78 is 18.3. The van der Waals surface area contributed by atoms with Gasteiger partial charge in [-0.15, -0.1) is 0 Å². The van der Waals surface area contributed by atoms with Gasteiger partial charge >= 0.3 is 5.97 Å². The van der Waals surface area contributed by atoms with E-state index in [9.17, 15) is 9.90 Å². The van der Waals surface area contributed by atoms with E-state index in [1.54, 1.807) is 7.11 Å². The molecule has 222 valence electrons. The molecule has 6 heteroatoms. The highest BCUT2D eigenvalue weighted by molar-refractivity contribution is 5.72. The standard InChI is InChI=1S/C34H51NO5/c1-4-5-6-7-8-9-10-11-12-13-14-15-16-17-29(36)39-27-20-21-34(37)28-24-25-18-19-26(38-3)31-30(25)33(34,32(27)40-31)22-23-35(28)2/h18-20,28,32,37H,4-17,21-24H2,1-3H3. The van der Waals surface area contributed by atoms with Crippen LogP contribution in [0.25, 0.3) is 0 Å². The number of likely N-dealkylation sites (tertiary alicyclic amines) is 1. The van der Waals surface area contributed by atoms with Crippen LogP contribution in [0.5, 0.6) is 11.5 Å². The fourth-order valence-corrected chi connectivity index (χ4v) is 8.06. The molecule has 5 rings (SSSR count). The predicted molar refractivity (Wildman–Crippen MR) is 158 cm³/mol. The summed E-state index contributed by atoms with van der Waals surface area (Å²) in [5, 5.41) is 12.3. The van der Waals surface area contributed by atoms with Gasteiger partial charge in [0.05, 0.1) is 18.1 Å². The van der Waals surface area contributed by atoms with E-state index in [1.807, 2.05) is 12.1 Å². The molecule has 1 saturated heterocycles. The molecule has 2 bridgehead atoms. The van der Waals surface area contributed by atoms with Crippen LogP contribution in [0.1, 0.15) is 121 Å². The number of ether oxygens (including phenoxy) is 3. The van der Waals surface area contributed by atoms with E-state index in [1.165, 1.54) is 76.2 Å². The minimum atomic E-state index is -0.972. The zero-order valence-electron chi connectivity index (χ0n) is 25.1. The van der Waals surface area contributed by atoms with Gasteiger partial charge in [-0.3, -0.25) is 4.79 Å². The summed E-state index contributed by atoms with van der Waals surface area (Å²) in [6.45, 7) is 3.13. The molecular formula is C34H51NO5. The number of piperidine rings is 1. The summed E-state index contributed by atoms with van der Waals surface area (Å²) >= 11 is 0. The fraction of sp³-hybridized carbons (Fsp3) is 0.735. The van der Waals surface area contributed by atoms with Gasteiger partial charge in [0.15, 0.2) is 17.6 Å². The number of nitrogens with zero attached hydrogens (tertiary/aromatic N) is 1. The summed E-state index contributed by atoms with van der Waals surface area (Å²) in [6, 6.07) is 4.08. The maximum Gasteiger partial charge on any atom is 0.310 e. The number of likely N-dealkylation sites (N-methyl/N-ethyl adjacent to an activating group) is 1. The number of hydrogen-bond acceptors (Lipinski definition) is 6. The first-order valence-electron chi connectivity index (χ1n) is 16.2. The molecule has 1 fully saturated rings. The Bertz CT molecular complexity index is 1070. The molecule has 0 saturated carbocycles. The lowest BCUT2D eigenvalue weighted by Crippen LogP contribution is -2.74. The highest BCUT2D eigenvalue weighted by Gasteiger charge is 2.72. The van der Waals surface area contributed by atoms with E-state index in [4.69, 9.17) is 14.2 Å². The number of rotatable bonds is 16. The average Bonchev–Trinajstić information content (AvgIpc) is 3.30. The lowest BCUT2D eigenvalue weighted by molar-refractivity contribution is -0.169. The van der Waals surface area contributed by atoms with Crippen molar-refractivity contribution in [1.29, 1.82) is 0 Å². The van der Waals surface area contributed by atoms with E-state index in [0.717, 1.165) is 37.8 Å². The van der Waals surface area contributed by atoms with Crippen molar-refractivity contribution < 1.29 is 24.1 Å². The third-order valence-electron chi connectivity index (χ3n) is 10.3. The highest BCUT2D eigenvalue weighted by atomic mass is 16.6. The van der Waals surface area contributed by atoms with Crippen molar-refractivity contribution >= 4 is 5.97 Å². The van der Waals surface area contributed by atoms with Crippen LogP contribution in [-0.2, 0) is 21.4 Å². The number of carbonyl (C=O) groups is 1. The fourth-order valence-electron chi connectivity index (χ4n) is 8.06. The Morgan fingerprint density at radius 1 is 1.02 bits per heavy atom. The van der Waals surface area contributed by atoms with Gasteiger partial charge in [-0.05, 0) is 50.6 Å². The number of carbonyl (C=O) groups excluding carboxylic acids is 1. The molecule has 4 atom stereocenters. The lowest BCUT2D eigenvalue weighted by atomic mass is 9.50. The van der Waals surface area contributed by atoms with Gasteiger partial charge in [-0.1, -0.05) is 90.0 Å². The molecule has 6 nitrogen and oxygen atoms in total. The normalized spacial score (nSPS) is 28.1. The second kappa shape index (κ2) is 12.9. The van der Waals surface area contributed by atoms with Crippen molar-refractivity contribution in [2.75, 3.05) is 20.7 Å². The Labute approximate surface area is 241 Å². The molecule has 1 aromatic rings. The third kappa shape index (κ3) is 5.31. The predicted octanol–water partition coefficient (Wildman–Crippen LogP) is 7.00. The van der Waals surface area contributed by atoms with Crippen molar-refractivity contribution in [3.05, 3.63) is 35.1 Å². The molecule has 4 unspecified atom stereocenters. The molecule has 2 aliphatic heterocycles. The van der Waals surface area contributed by atoms with Crippen LogP contribution in [0.15, 0.2) is 24.0 Å². The first-order chi connectivity index (χ1) is 19.5. The second-order valence-electron chi connectivity index (χ2n) is 12.8. The summed E-state index contributed by atoms with van der Waals surface area (Å²) in [7, 11) is 3.75. The van der Waals surface area contributed by atoms with E-state index in [-0.39, 0.29) is 12.0 Å².